The summed E-state index contributed by atoms with van der Waals surface area (Å²) in [4.78, 5) is 11.9. The van der Waals surface area contributed by atoms with Gasteiger partial charge >= 0.3 is 5.97 Å². The summed E-state index contributed by atoms with van der Waals surface area (Å²) in [6.07, 6.45) is 1.86. The first kappa shape index (κ1) is 13.5. The van der Waals surface area contributed by atoms with Crippen molar-refractivity contribution in [2.75, 3.05) is 0 Å². The second kappa shape index (κ2) is 4.49. The Labute approximate surface area is 124 Å². The van der Waals surface area contributed by atoms with Crippen molar-refractivity contribution in [1.29, 1.82) is 0 Å². The molecular weight excluding hydrogens is 307 g/mol. The van der Waals surface area contributed by atoms with E-state index < -0.39 is 15.7 Å². The van der Waals surface area contributed by atoms with Crippen molar-refractivity contribution in [1.82, 2.24) is 10.2 Å². The van der Waals surface area contributed by atoms with Gasteiger partial charge in [0.05, 0.1) is 6.26 Å². The maximum Gasteiger partial charge on any atom is 0.315 e. The van der Waals surface area contributed by atoms with E-state index in [-0.39, 0.29) is 18.4 Å². The maximum absolute atomic E-state index is 11.9. The fraction of sp³-hybridized carbons (Fsp3) is 0.417. The summed E-state index contributed by atoms with van der Waals surface area (Å²) in [6, 6.07) is 3.39. The minimum atomic E-state index is -1.06. The number of carbonyl (C=O) groups excluding carboxylic acids is 1. The smallest absolute Gasteiger partial charge is 0.315 e. The third-order valence-corrected chi connectivity index (χ3v) is 4.34. The van der Waals surface area contributed by atoms with E-state index in [0.717, 1.165) is 0 Å². The zero-order valence-electron chi connectivity index (χ0n) is 10.4. The summed E-state index contributed by atoms with van der Waals surface area (Å²) in [5.74, 6) is 0.358. The molecule has 1 saturated carbocycles. The van der Waals surface area contributed by atoms with Crippen LogP contribution >= 0.6 is 23.2 Å². The summed E-state index contributed by atoms with van der Waals surface area (Å²) < 4.78 is 14.4. The van der Waals surface area contributed by atoms with Crippen LogP contribution in [0.2, 0.25) is 0 Å². The van der Waals surface area contributed by atoms with Gasteiger partial charge in [0.1, 0.15) is 9.75 Å². The lowest BCUT2D eigenvalue weighted by atomic mass is 10.1. The number of rotatable bonds is 4. The van der Waals surface area contributed by atoms with Gasteiger partial charge in [-0.2, -0.15) is 0 Å². The highest BCUT2D eigenvalue weighted by Gasteiger charge is 2.69. The second-order valence-electron chi connectivity index (χ2n) is 4.77. The molecule has 3 rings (SSSR count). The lowest BCUT2D eigenvalue weighted by molar-refractivity contribution is -0.151. The SMILES string of the molecule is C[C@@]1(C(=O)OCc2nnc(-c3ccco3)o2)CC1(Cl)Cl. The molecule has 0 bridgehead atoms. The molecule has 0 spiro atoms. The quantitative estimate of drug-likeness (QED) is 0.637. The number of hydrogen-bond acceptors (Lipinski definition) is 6. The third kappa shape index (κ3) is 2.19. The van der Waals surface area contributed by atoms with Crippen LogP contribution in [0.4, 0.5) is 0 Å². The van der Waals surface area contributed by atoms with Crippen LogP contribution in [0.1, 0.15) is 19.2 Å². The van der Waals surface area contributed by atoms with Crippen LogP contribution in [0.15, 0.2) is 27.2 Å². The highest BCUT2D eigenvalue weighted by molar-refractivity contribution is 6.53. The number of hydrogen-bond donors (Lipinski definition) is 0. The Hall–Kier alpha value is -1.53. The van der Waals surface area contributed by atoms with E-state index >= 15 is 0 Å². The lowest BCUT2D eigenvalue weighted by Gasteiger charge is -2.09. The van der Waals surface area contributed by atoms with E-state index in [9.17, 15) is 4.79 Å². The molecule has 0 N–H and O–H groups in total. The van der Waals surface area contributed by atoms with Crippen molar-refractivity contribution < 1.29 is 18.4 Å². The zero-order chi connectivity index (χ0) is 14.4. The molecule has 0 saturated heterocycles. The monoisotopic (exact) mass is 316 g/mol. The third-order valence-electron chi connectivity index (χ3n) is 3.23. The molecule has 6 nitrogen and oxygen atoms in total. The van der Waals surface area contributed by atoms with E-state index in [0.29, 0.717) is 12.2 Å². The number of aromatic nitrogens is 2. The predicted octanol–water partition coefficient (Wildman–Crippen LogP) is 2.96. The second-order valence-corrected chi connectivity index (χ2v) is 6.25. The molecule has 0 amide bonds. The van der Waals surface area contributed by atoms with Crippen LogP contribution in [0, 0.1) is 5.41 Å². The van der Waals surface area contributed by atoms with Gasteiger partial charge in [-0.1, -0.05) is 0 Å². The van der Waals surface area contributed by atoms with E-state index in [4.69, 9.17) is 36.8 Å². The lowest BCUT2D eigenvalue weighted by Crippen LogP contribution is -2.21. The summed E-state index contributed by atoms with van der Waals surface area (Å²) in [6.45, 7) is 1.52. The van der Waals surface area contributed by atoms with Crippen molar-refractivity contribution in [2.45, 2.75) is 24.3 Å². The molecule has 106 valence electrons. The Morgan fingerprint density at radius 1 is 1.50 bits per heavy atom. The van der Waals surface area contributed by atoms with E-state index in [1.807, 2.05) is 0 Å². The normalized spacial score (nSPS) is 23.6. The number of esters is 1. The van der Waals surface area contributed by atoms with Gasteiger partial charge in [-0.3, -0.25) is 4.79 Å². The van der Waals surface area contributed by atoms with Crippen molar-refractivity contribution >= 4 is 29.2 Å². The Kier molecular flexibility index (Phi) is 3.02. The molecule has 0 radical (unpaired) electrons. The fourth-order valence-corrected chi connectivity index (χ4v) is 2.41. The first-order chi connectivity index (χ1) is 9.42. The van der Waals surface area contributed by atoms with Crippen LogP contribution in [0.5, 0.6) is 0 Å². The molecular formula is C12H10Cl2N2O4. The number of furan rings is 1. The number of alkyl halides is 2. The summed E-state index contributed by atoms with van der Waals surface area (Å²) in [7, 11) is 0. The van der Waals surface area contributed by atoms with Gasteiger partial charge in [-0.15, -0.1) is 33.4 Å². The van der Waals surface area contributed by atoms with E-state index in [1.54, 1.807) is 19.1 Å². The van der Waals surface area contributed by atoms with Crippen LogP contribution in [-0.4, -0.2) is 20.5 Å². The maximum atomic E-state index is 11.9. The van der Waals surface area contributed by atoms with Gasteiger partial charge in [-0.05, 0) is 19.1 Å². The number of halogens is 2. The molecule has 2 aromatic heterocycles. The highest BCUT2D eigenvalue weighted by atomic mass is 35.5. The minimum Gasteiger partial charge on any atom is -0.459 e. The molecule has 20 heavy (non-hydrogen) atoms. The zero-order valence-corrected chi connectivity index (χ0v) is 11.9. The van der Waals surface area contributed by atoms with E-state index in [2.05, 4.69) is 10.2 Å². The molecule has 1 atom stereocenters. The average molecular weight is 317 g/mol. The number of carbonyl (C=O) groups is 1. The number of ether oxygens (including phenoxy) is 1. The Morgan fingerprint density at radius 3 is 2.85 bits per heavy atom. The van der Waals surface area contributed by atoms with Crippen molar-refractivity contribution in [3.63, 3.8) is 0 Å². The predicted molar refractivity (Wildman–Crippen MR) is 69.0 cm³/mol. The Balaban J connectivity index is 1.61. The summed E-state index contributed by atoms with van der Waals surface area (Å²) in [5.41, 5.74) is -0.875. The van der Waals surface area contributed by atoms with Gasteiger partial charge in [0.15, 0.2) is 12.4 Å². The van der Waals surface area contributed by atoms with Crippen molar-refractivity contribution in [3.05, 3.63) is 24.3 Å². The van der Waals surface area contributed by atoms with Crippen molar-refractivity contribution in [2.24, 2.45) is 5.41 Å². The van der Waals surface area contributed by atoms with Crippen LogP contribution in [0.3, 0.4) is 0 Å². The first-order valence-electron chi connectivity index (χ1n) is 5.84. The molecule has 0 aromatic carbocycles. The van der Waals surface area contributed by atoms with Crippen LogP contribution in [0.25, 0.3) is 11.7 Å². The Bertz CT molecular complexity index is 638. The number of nitrogens with zero attached hydrogens (tertiary/aromatic N) is 2. The average Bonchev–Trinajstić information content (AvgIpc) is 2.92. The van der Waals surface area contributed by atoms with Gasteiger partial charge in [0.2, 0.25) is 0 Å². The van der Waals surface area contributed by atoms with Gasteiger partial charge in [-0.25, -0.2) is 0 Å². The molecule has 8 heteroatoms. The molecule has 0 unspecified atom stereocenters. The topological polar surface area (TPSA) is 78.4 Å². The molecule has 2 heterocycles. The first-order valence-corrected chi connectivity index (χ1v) is 6.59. The molecule has 2 aromatic rings. The Morgan fingerprint density at radius 2 is 2.25 bits per heavy atom. The van der Waals surface area contributed by atoms with E-state index in [1.165, 1.54) is 6.26 Å². The van der Waals surface area contributed by atoms with Crippen LogP contribution < -0.4 is 0 Å². The molecule has 1 aliphatic rings. The van der Waals surface area contributed by atoms with Crippen molar-refractivity contribution in [3.8, 4) is 11.7 Å². The molecule has 1 fully saturated rings. The van der Waals surface area contributed by atoms with Gasteiger partial charge in [0.25, 0.3) is 11.8 Å². The fourth-order valence-electron chi connectivity index (χ4n) is 1.72. The largest absolute Gasteiger partial charge is 0.459 e. The van der Waals surface area contributed by atoms with Gasteiger partial charge in [0, 0.05) is 6.42 Å². The van der Waals surface area contributed by atoms with Gasteiger partial charge < -0.3 is 13.6 Å². The van der Waals surface area contributed by atoms with Crippen LogP contribution in [-0.2, 0) is 16.1 Å². The summed E-state index contributed by atoms with van der Waals surface area (Å²) in [5, 5.41) is 7.55. The standard InChI is InChI=1S/C12H10Cl2N2O4/c1-11(6-12(11,13)14)10(17)19-5-8-15-16-9(20-8)7-3-2-4-18-7/h2-4H,5-6H2,1H3/t11-/m0/s1. The molecule has 1 aliphatic carbocycles. The molecule has 0 aliphatic heterocycles. The minimum absolute atomic E-state index is 0.133. The summed E-state index contributed by atoms with van der Waals surface area (Å²) >= 11 is 11.8. The highest BCUT2D eigenvalue weighted by Crippen LogP contribution is 2.64.